The van der Waals surface area contributed by atoms with Crippen LogP contribution in [0.4, 0.5) is 0 Å². The van der Waals surface area contributed by atoms with Crippen LogP contribution in [0.15, 0.2) is 48.0 Å². The molecule has 2 aliphatic heterocycles. The first-order valence-electron chi connectivity index (χ1n) is 14.5. The Morgan fingerprint density at radius 1 is 1.05 bits per heavy atom. The second-order valence-electron chi connectivity index (χ2n) is 11.1. The standard InChI is InChI=1S/C31H33N7O3/c39-30(32-18-27-33-35-36-34-27)22-10-11-25-26(17-22)38-19-23(31(40)37-12-14-41-15-13-37)16-21-8-4-5-9-24(21)29(38)28(25)20-6-2-1-3-7-20/h4-5,8-11,16-17,20H,1-3,6-7,12-15,18-19H2,(H,32,39)(H,33,34,35,36). The normalized spacial score (nSPS) is 17.5. The molecule has 41 heavy (non-hydrogen) atoms. The summed E-state index contributed by atoms with van der Waals surface area (Å²) in [5.41, 5.74) is 6.99. The number of morpholine rings is 1. The summed E-state index contributed by atoms with van der Waals surface area (Å²) < 4.78 is 7.80. The van der Waals surface area contributed by atoms with E-state index in [0.29, 0.717) is 50.2 Å². The number of carbonyl (C=O) groups is 2. The highest BCUT2D eigenvalue weighted by Gasteiger charge is 2.31. The topological polar surface area (TPSA) is 118 Å². The molecular formula is C31H33N7O3. The van der Waals surface area contributed by atoms with E-state index in [0.717, 1.165) is 40.4 Å². The predicted octanol–water partition coefficient (Wildman–Crippen LogP) is 4.05. The number of benzene rings is 2. The highest BCUT2D eigenvalue weighted by Crippen LogP contribution is 2.46. The van der Waals surface area contributed by atoms with Crippen molar-refractivity contribution in [3.8, 4) is 11.3 Å². The van der Waals surface area contributed by atoms with Crippen molar-refractivity contribution in [3.63, 3.8) is 0 Å². The quantitative estimate of drug-likeness (QED) is 0.386. The van der Waals surface area contributed by atoms with Gasteiger partial charge in [0.2, 0.25) is 0 Å². The number of hydrogen-bond donors (Lipinski definition) is 2. The number of hydrogen-bond acceptors (Lipinski definition) is 6. The van der Waals surface area contributed by atoms with Crippen LogP contribution in [-0.4, -0.2) is 68.2 Å². The van der Waals surface area contributed by atoms with Crippen LogP contribution in [0.2, 0.25) is 0 Å². The molecule has 2 N–H and O–H groups in total. The lowest BCUT2D eigenvalue weighted by Gasteiger charge is -2.28. The summed E-state index contributed by atoms with van der Waals surface area (Å²) in [6.45, 7) is 2.92. The number of aromatic nitrogens is 5. The molecule has 10 nitrogen and oxygen atoms in total. The van der Waals surface area contributed by atoms with Crippen LogP contribution < -0.4 is 5.32 Å². The Morgan fingerprint density at radius 2 is 1.88 bits per heavy atom. The molecule has 2 fully saturated rings. The molecule has 0 radical (unpaired) electrons. The van der Waals surface area contributed by atoms with Crippen molar-refractivity contribution < 1.29 is 14.3 Å². The first-order valence-corrected chi connectivity index (χ1v) is 14.5. The number of fused-ring (bicyclic) bond motifs is 5. The fourth-order valence-corrected chi connectivity index (χ4v) is 6.64. The lowest BCUT2D eigenvalue weighted by molar-refractivity contribution is -0.131. The molecule has 0 bridgehead atoms. The van der Waals surface area contributed by atoms with Gasteiger partial charge >= 0.3 is 0 Å². The van der Waals surface area contributed by atoms with Gasteiger partial charge in [-0.05, 0) is 48.1 Å². The number of carbonyl (C=O) groups excluding carboxylic acids is 2. The molecule has 0 unspecified atom stereocenters. The summed E-state index contributed by atoms with van der Waals surface area (Å²) in [5, 5.41) is 17.9. The van der Waals surface area contributed by atoms with Crippen LogP contribution in [0.1, 0.15) is 65.3 Å². The molecule has 1 saturated carbocycles. The van der Waals surface area contributed by atoms with Crippen molar-refractivity contribution in [2.24, 2.45) is 0 Å². The Balaban J connectivity index is 1.36. The van der Waals surface area contributed by atoms with Crippen LogP contribution in [-0.2, 0) is 22.6 Å². The van der Waals surface area contributed by atoms with Gasteiger partial charge in [0.05, 0.1) is 32.0 Å². The third-order valence-electron chi connectivity index (χ3n) is 8.62. The summed E-state index contributed by atoms with van der Waals surface area (Å²) in [5.74, 6) is 0.695. The largest absolute Gasteiger partial charge is 0.378 e. The third-order valence-corrected chi connectivity index (χ3v) is 8.62. The summed E-state index contributed by atoms with van der Waals surface area (Å²) in [6, 6.07) is 14.4. The molecule has 4 aromatic rings. The zero-order valence-corrected chi connectivity index (χ0v) is 22.9. The van der Waals surface area contributed by atoms with Crippen LogP contribution in [0.3, 0.4) is 0 Å². The Hall–Kier alpha value is -4.31. The Bertz CT molecular complexity index is 1630. The molecule has 210 valence electrons. The molecular weight excluding hydrogens is 518 g/mol. The van der Waals surface area contributed by atoms with Gasteiger partial charge in [0, 0.05) is 40.7 Å². The molecule has 1 aliphatic carbocycles. The number of amides is 2. The molecule has 2 aromatic carbocycles. The van der Waals surface area contributed by atoms with E-state index in [1.54, 1.807) is 0 Å². The number of rotatable bonds is 5. The van der Waals surface area contributed by atoms with Crippen molar-refractivity contribution in [3.05, 3.63) is 70.6 Å². The van der Waals surface area contributed by atoms with Gasteiger partial charge in [0.1, 0.15) is 0 Å². The average Bonchev–Trinajstić information content (AvgIpc) is 3.62. The van der Waals surface area contributed by atoms with Crippen molar-refractivity contribution in [1.82, 2.24) is 35.4 Å². The van der Waals surface area contributed by atoms with Gasteiger partial charge in [0.15, 0.2) is 5.82 Å². The highest BCUT2D eigenvalue weighted by molar-refractivity contribution is 6.04. The van der Waals surface area contributed by atoms with E-state index in [-0.39, 0.29) is 18.4 Å². The van der Waals surface area contributed by atoms with Crippen LogP contribution in [0.5, 0.6) is 0 Å². The van der Waals surface area contributed by atoms with Crippen molar-refractivity contribution >= 4 is 28.8 Å². The first-order chi connectivity index (χ1) is 20.2. The summed E-state index contributed by atoms with van der Waals surface area (Å²) in [6.07, 6.45) is 8.06. The zero-order chi connectivity index (χ0) is 27.8. The van der Waals surface area contributed by atoms with Crippen molar-refractivity contribution in [1.29, 1.82) is 0 Å². The van der Waals surface area contributed by atoms with Gasteiger partial charge in [-0.2, -0.15) is 5.21 Å². The zero-order valence-electron chi connectivity index (χ0n) is 22.9. The lowest BCUT2D eigenvalue weighted by Crippen LogP contribution is -2.41. The van der Waals surface area contributed by atoms with Crippen LogP contribution in [0, 0.1) is 0 Å². The van der Waals surface area contributed by atoms with Crippen molar-refractivity contribution in [2.75, 3.05) is 26.3 Å². The monoisotopic (exact) mass is 551 g/mol. The fraction of sp³-hybridized carbons (Fsp3) is 0.387. The smallest absolute Gasteiger partial charge is 0.251 e. The van der Waals surface area contributed by atoms with E-state index in [4.69, 9.17) is 4.74 Å². The maximum Gasteiger partial charge on any atom is 0.251 e. The Labute approximate surface area is 237 Å². The maximum atomic E-state index is 13.8. The number of nitrogens with zero attached hydrogens (tertiary/aromatic N) is 5. The summed E-state index contributed by atoms with van der Waals surface area (Å²) in [7, 11) is 0. The highest BCUT2D eigenvalue weighted by atomic mass is 16.5. The average molecular weight is 552 g/mol. The van der Waals surface area contributed by atoms with Crippen LogP contribution in [0.25, 0.3) is 28.2 Å². The summed E-state index contributed by atoms with van der Waals surface area (Å²) in [4.78, 5) is 29.0. The van der Waals surface area contributed by atoms with Gasteiger partial charge in [-0.1, -0.05) is 54.8 Å². The minimum atomic E-state index is -0.208. The van der Waals surface area contributed by atoms with Gasteiger partial charge in [-0.25, -0.2) is 0 Å². The molecule has 4 heterocycles. The van der Waals surface area contributed by atoms with E-state index in [2.05, 4.69) is 60.8 Å². The summed E-state index contributed by atoms with van der Waals surface area (Å²) >= 11 is 0. The molecule has 7 rings (SSSR count). The molecule has 3 aliphatic rings. The Kier molecular flexibility index (Phi) is 6.84. The number of ether oxygens (including phenoxy) is 1. The van der Waals surface area contributed by atoms with Crippen molar-refractivity contribution in [2.45, 2.75) is 51.1 Å². The van der Waals surface area contributed by atoms with E-state index in [1.807, 2.05) is 23.1 Å². The number of aromatic amines is 1. The molecule has 1 saturated heterocycles. The van der Waals surface area contributed by atoms with Gasteiger partial charge < -0.3 is 19.5 Å². The number of tetrazole rings is 1. The van der Waals surface area contributed by atoms with E-state index in [9.17, 15) is 9.59 Å². The van der Waals surface area contributed by atoms with E-state index < -0.39 is 0 Å². The Morgan fingerprint density at radius 3 is 2.68 bits per heavy atom. The number of H-pyrrole nitrogens is 1. The van der Waals surface area contributed by atoms with Gasteiger partial charge in [-0.15, -0.1) is 10.2 Å². The lowest BCUT2D eigenvalue weighted by atomic mass is 9.81. The second-order valence-corrected chi connectivity index (χ2v) is 11.1. The molecule has 0 spiro atoms. The molecule has 10 heteroatoms. The molecule has 2 aromatic heterocycles. The molecule has 0 atom stereocenters. The van der Waals surface area contributed by atoms with Gasteiger partial charge in [-0.3, -0.25) is 9.59 Å². The minimum Gasteiger partial charge on any atom is -0.378 e. The SMILES string of the molecule is O=C(NCc1nn[nH]n1)c1ccc2c(C3CCCCC3)c3n(c2c1)CC(C(=O)N1CCOCC1)=Cc1ccccc1-3. The molecule has 2 amide bonds. The van der Waals surface area contributed by atoms with Crippen LogP contribution >= 0.6 is 0 Å². The maximum absolute atomic E-state index is 13.8. The second kappa shape index (κ2) is 10.9. The van der Waals surface area contributed by atoms with Gasteiger partial charge in [0.25, 0.3) is 11.8 Å². The first kappa shape index (κ1) is 25.6. The van der Waals surface area contributed by atoms with E-state index >= 15 is 0 Å². The third kappa shape index (κ3) is 4.82. The fourth-order valence-electron chi connectivity index (χ4n) is 6.64. The predicted molar refractivity (Wildman–Crippen MR) is 154 cm³/mol. The van der Waals surface area contributed by atoms with E-state index in [1.165, 1.54) is 30.5 Å². The minimum absolute atomic E-state index is 0.0472. The number of nitrogens with one attached hydrogen (secondary N) is 2.